The molecule has 54 valence electrons. The fraction of sp³-hybridized carbons (Fsp3) is 1.00. The van der Waals surface area contributed by atoms with E-state index < -0.39 is 0 Å². The van der Waals surface area contributed by atoms with Gasteiger partial charge in [0.25, 0.3) is 0 Å². The Balaban J connectivity index is 2.12. The van der Waals surface area contributed by atoms with Gasteiger partial charge in [0.15, 0.2) is 0 Å². The van der Waals surface area contributed by atoms with Crippen molar-refractivity contribution in [3.8, 4) is 0 Å². The average molecular weight is 129 g/mol. The van der Waals surface area contributed by atoms with Crippen LogP contribution in [0.5, 0.6) is 0 Å². The van der Waals surface area contributed by atoms with Gasteiger partial charge in [0.2, 0.25) is 0 Å². The van der Waals surface area contributed by atoms with E-state index in [2.05, 4.69) is 11.9 Å². The van der Waals surface area contributed by atoms with E-state index in [-0.39, 0.29) is 0 Å². The van der Waals surface area contributed by atoms with Crippen LogP contribution in [0.2, 0.25) is 0 Å². The van der Waals surface area contributed by atoms with Crippen LogP contribution in [0.15, 0.2) is 0 Å². The molecule has 0 unspecified atom stereocenters. The van der Waals surface area contributed by atoms with Crippen LogP contribution in [-0.4, -0.2) is 31.8 Å². The third-order valence-electron chi connectivity index (χ3n) is 1.64. The van der Waals surface area contributed by atoms with Crippen molar-refractivity contribution in [2.75, 3.05) is 26.9 Å². The molecule has 1 fully saturated rings. The normalized spacial score (nSPS) is 25.0. The van der Waals surface area contributed by atoms with Gasteiger partial charge in [0.1, 0.15) is 0 Å². The third kappa shape index (κ3) is 2.82. The quantitative estimate of drug-likeness (QED) is 0.485. The second kappa shape index (κ2) is 3.85. The largest absolute Gasteiger partial charge is 0.366 e. The molecule has 0 amide bonds. The van der Waals surface area contributed by atoms with Crippen LogP contribution in [0, 0.1) is 0 Å². The van der Waals surface area contributed by atoms with Crippen LogP contribution in [0.25, 0.3) is 0 Å². The average Bonchev–Trinajstić information content (AvgIpc) is 1.79. The van der Waals surface area contributed by atoms with Crippen LogP contribution < -0.4 is 0 Å². The lowest BCUT2D eigenvalue weighted by Gasteiger charge is -2.19. The molecule has 1 aliphatic heterocycles. The number of rotatable bonds is 0. The van der Waals surface area contributed by atoms with Gasteiger partial charge in [-0.3, -0.25) is 4.90 Å². The predicted octanol–water partition coefficient (Wildman–Crippen LogP) is 1.08. The molecule has 0 bridgehead atoms. The molecular weight excluding hydrogens is 114 g/mol. The summed E-state index contributed by atoms with van der Waals surface area (Å²) in [5, 5.41) is 0. The Morgan fingerprint density at radius 2 is 2.11 bits per heavy atom. The standard InChI is InChI=1S/C7H15NO/c1-8-5-3-2-4-6-9-7-8/h2-7H2,1H3. The maximum absolute atomic E-state index is 5.31. The minimum Gasteiger partial charge on any atom is -0.366 e. The summed E-state index contributed by atoms with van der Waals surface area (Å²) in [5.74, 6) is 0. The maximum Gasteiger partial charge on any atom is 0.0987 e. The smallest absolute Gasteiger partial charge is 0.0987 e. The van der Waals surface area contributed by atoms with Crippen LogP contribution >= 0.6 is 0 Å². The summed E-state index contributed by atoms with van der Waals surface area (Å²) >= 11 is 0. The van der Waals surface area contributed by atoms with E-state index >= 15 is 0 Å². The molecule has 0 atom stereocenters. The third-order valence-corrected chi connectivity index (χ3v) is 1.64. The molecule has 9 heavy (non-hydrogen) atoms. The van der Waals surface area contributed by atoms with Crippen LogP contribution in [0.1, 0.15) is 19.3 Å². The number of ether oxygens (including phenoxy) is 1. The summed E-state index contributed by atoms with van der Waals surface area (Å²) < 4.78 is 5.31. The Bertz CT molecular complexity index is 67.3. The number of hydrogen-bond acceptors (Lipinski definition) is 2. The summed E-state index contributed by atoms with van der Waals surface area (Å²) in [6, 6.07) is 0. The zero-order valence-corrected chi connectivity index (χ0v) is 6.10. The molecule has 2 nitrogen and oxygen atoms in total. The molecule has 1 heterocycles. The van der Waals surface area contributed by atoms with Crippen molar-refractivity contribution in [3.63, 3.8) is 0 Å². The molecule has 0 radical (unpaired) electrons. The second-order valence-electron chi connectivity index (χ2n) is 2.68. The van der Waals surface area contributed by atoms with Gasteiger partial charge < -0.3 is 4.74 Å². The molecule has 1 rings (SSSR count). The van der Waals surface area contributed by atoms with Gasteiger partial charge in [-0.25, -0.2) is 0 Å². The molecular formula is C7H15NO. The van der Waals surface area contributed by atoms with Crippen molar-refractivity contribution in [2.45, 2.75) is 19.3 Å². The van der Waals surface area contributed by atoms with E-state index in [4.69, 9.17) is 4.74 Å². The Hall–Kier alpha value is -0.0800. The van der Waals surface area contributed by atoms with Crippen molar-refractivity contribution >= 4 is 0 Å². The van der Waals surface area contributed by atoms with Gasteiger partial charge >= 0.3 is 0 Å². The molecule has 1 saturated heterocycles. The zero-order valence-electron chi connectivity index (χ0n) is 6.10. The van der Waals surface area contributed by atoms with Gasteiger partial charge in [-0.15, -0.1) is 0 Å². The van der Waals surface area contributed by atoms with E-state index in [9.17, 15) is 0 Å². The molecule has 0 saturated carbocycles. The highest BCUT2D eigenvalue weighted by molar-refractivity contribution is 4.50. The first-order valence-corrected chi connectivity index (χ1v) is 3.66. The van der Waals surface area contributed by atoms with Gasteiger partial charge in [-0.2, -0.15) is 0 Å². The van der Waals surface area contributed by atoms with Crippen molar-refractivity contribution in [2.24, 2.45) is 0 Å². The van der Waals surface area contributed by atoms with E-state index in [1.165, 1.54) is 25.8 Å². The first kappa shape index (κ1) is 7.03. The summed E-state index contributed by atoms with van der Waals surface area (Å²) in [6.07, 6.45) is 3.90. The minimum absolute atomic E-state index is 0.819. The van der Waals surface area contributed by atoms with Gasteiger partial charge in [-0.05, 0) is 32.9 Å². The van der Waals surface area contributed by atoms with Gasteiger partial charge in [-0.1, -0.05) is 0 Å². The lowest BCUT2D eigenvalue weighted by Crippen LogP contribution is -2.25. The Kier molecular flexibility index (Phi) is 3.01. The lowest BCUT2D eigenvalue weighted by molar-refractivity contribution is 0.0290. The molecule has 2 heteroatoms. The topological polar surface area (TPSA) is 12.5 Å². The van der Waals surface area contributed by atoms with E-state index in [0.29, 0.717) is 0 Å². The van der Waals surface area contributed by atoms with Gasteiger partial charge in [0, 0.05) is 6.61 Å². The zero-order chi connectivity index (χ0) is 6.53. The van der Waals surface area contributed by atoms with Gasteiger partial charge in [0.05, 0.1) is 6.73 Å². The SMILES string of the molecule is CN1CCCCCOC1. The highest BCUT2D eigenvalue weighted by Crippen LogP contribution is 2.01. The lowest BCUT2D eigenvalue weighted by atomic mass is 10.2. The van der Waals surface area contributed by atoms with Crippen LogP contribution in [0.3, 0.4) is 0 Å². The minimum atomic E-state index is 0.819. The molecule has 0 aromatic carbocycles. The van der Waals surface area contributed by atoms with Crippen molar-refractivity contribution in [1.82, 2.24) is 4.90 Å². The highest BCUT2D eigenvalue weighted by atomic mass is 16.5. The molecule has 1 aliphatic rings. The number of hydrogen-bond donors (Lipinski definition) is 0. The second-order valence-corrected chi connectivity index (χ2v) is 2.68. The Morgan fingerprint density at radius 3 is 3.00 bits per heavy atom. The first-order chi connectivity index (χ1) is 4.39. The van der Waals surface area contributed by atoms with Crippen molar-refractivity contribution < 1.29 is 4.74 Å². The van der Waals surface area contributed by atoms with E-state index in [0.717, 1.165) is 13.3 Å². The fourth-order valence-corrected chi connectivity index (χ4v) is 1.05. The molecule has 0 N–H and O–H groups in total. The fourth-order valence-electron chi connectivity index (χ4n) is 1.05. The summed E-state index contributed by atoms with van der Waals surface area (Å²) in [4.78, 5) is 2.22. The maximum atomic E-state index is 5.31. The van der Waals surface area contributed by atoms with Crippen LogP contribution in [-0.2, 0) is 4.74 Å². The highest BCUT2D eigenvalue weighted by Gasteiger charge is 2.01. The van der Waals surface area contributed by atoms with Crippen LogP contribution in [0.4, 0.5) is 0 Å². The molecule has 0 aliphatic carbocycles. The molecule has 0 spiro atoms. The van der Waals surface area contributed by atoms with Crippen molar-refractivity contribution in [1.29, 1.82) is 0 Å². The molecule has 0 aromatic heterocycles. The summed E-state index contributed by atoms with van der Waals surface area (Å²) in [7, 11) is 2.10. The Labute approximate surface area is 56.8 Å². The number of nitrogens with zero attached hydrogens (tertiary/aromatic N) is 1. The molecule has 0 aromatic rings. The first-order valence-electron chi connectivity index (χ1n) is 3.66. The summed E-state index contributed by atoms with van der Waals surface area (Å²) in [5.41, 5.74) is 0. The predicted molar refractivity (Wildman–Crippen MR) is 37.3 cm³/mol. The van der Waals surface area contributed by atoms with E-state index in [1.54, 1.807) is 0 Å². The van der Waals surface area contributed by atoms with E-state index in [1.807, 2.05) is 0 Å². The monoisotopic (exact) mass is 129 g/mol. The summed E-state index contributed by atoms with van der Waals surface area (Å²) in [6.45, 7) is 2.96. The van der Waals surface area contributed by atoms with Crippen molar-refractivity contribution in [3.05, 3.63) is 0 Å². The Morgan fingerprint density at radius 1 is 1.22 bits per heavy atom.